The molecule has 36 heavy (non-hydrogen) atoms. The number of likely N-dealkylation sites (tertiary alicyclic amines) is 1. The second-order valence-corrected chi connectivity index (χ2v) is 11.3. The molecule has 0 unspecified atom stereocenters. The standard InChI is InChI=1S/C18H27F3N2O3.C10H12/c1-16(2,3)26-14(24)6-7-22-10-17(11-22)8-13(9-17)23(12-4-5-12)15(25)18(19,20)21;1-2-3-7-10-8-5-4-6-9-10/h12-13H,4-11H2,1-3H3;3-9H,2H2,1H3/b;7-3-. The lowest BCUT2D eigenvalue weighted by Gasteiger charge is -2.61. The molecular weight excluding hydrogens is 469 g/mol. The van der Waals surface area contributed by atoms with Crippen molar-refractivity contribution in [3.63, 3.8) is 0 Å². The Morgan fingerprint density at radius 1 is 1.08 bits per heavy atom. The molecule has 0 bridgehead atoms. The van der Waals surface area contributed by atoms with Crippen LogP contribution in [0.1, 0.15) is 71.8 Å². The summed E-state index contributed by atoms with van der Waals surface area (Å²) in [5, 5.41) is 0. The molecule has 4 rings (SSSR count). The summed E-state index contributed by atoms with van der Waals surface area (Å²) in [7, 11) is 0. The van der Waals surface area contributed by atoms with Crippen molar-refractivity contribution in [1.29, 1.82) is 0 Å². The third-order valence-corrected chi connectivity index (χ3v) is 6.66. The third-order valence-electron chi connectivity index (χ3n) is 6.66. The number of carbonyl (C=O) groups excluding carboxylic acids is 2. The van der Waals surface area contributed by atoms with Crippen LogP contribution in [0.2, 0.25) is 0 Å². The van der Waals surface area contributed by atoms with E-state index in [0.29, 0.717) is 38.6 Å². The summed E-state index contributed by atoms with van der Waals surface area (Å²) in [5.74, 6) is -1.92. The number of esters is 1. The molecule has 1 aliphatic heterocycles. The molecule has 1 aromatic carbocycles. The fraction of sp³-hybridized carbons (Fsp3) is 0.643. The van der Waals surface area contributed by atoms with Gasteiger partial charge in [-0.15, -0.1) is 0 Å². The molecule has 0 N–H and O–H groups in total. The number of hydrogen-bond donors (Lipinski definition) is 0. The molecule has 1 saturated heterocycles. The number of ether oxygens (including phenoxy) is 1. The zero-order valence-electron chi connectivity index (χ0n) is 21.8. The van der Waals surface area contributed by atoms with Gasteiger partial charge in [0.25, 0.3) is 0 Å². The number of halogens is 3. The van der Waals surface area contributed by atoms with Gasteiger partial charge in [-0.1, -0.05) is 49.4 Å². The topological polar surface area (TPSA) is 49.9 Å². The first kappa shape index (κ1) is 28.2. The van der Waals surface area contributed by atoms with Gasteiger partial charge in [-0.05, 0) is 63.9 Å². The number of alkyl halides is 3. The number of allylic oxidation sites excluding steroid dienone is 1. The van der Waals surface area contributed by atoms with Gasteiger partial charge in [-0.2, -0.15) is 13.2 Å². The van der Waals surface area contributed by atoms with E-state index in [1.807, 2.05) is 26.8 Å². The molecule has 200 valence electrons. The zero-order valence-corrected chi connectivity index (χ0v) is 21.8. The minimum Gasteiger partial charge on any atom is -0.460 e. The first-order valence-electron chi connectivity index (χ1n) is 12.9. The number of amides is 1. The molecule has 1 aromatic rings. The van der Waals surface area contributed by atoms with Crippen LogP contribution >= 0.6 is 0 Å². The van der Waals surface area contributed by atoms with E-state index in [2.05, 4.69) is 48.2 Å². The van der Waals surface area contributed by atoms with Gasteiger partial charge in [-0.3, -0.25) is 9.59 Å². The van der Waals surface area contributed by atoms with Gasteiger partial charge in [0, 0.05) is 31.7 Å². The van der Waals surface area contributed by atoms with E-state index in [4.69, 9.17) is 4.74 Å². The average Bonchev–Trinajstić information content (AvgIpc) is 3.56. The van der Waals surface area contributed by atoms with E-state index >= 15 is 0 Å². The van der Waals surface area contributed by atoms with Crippen LogP contribution in [-0.2, 0) is 14.3 Å². The van der Waals surface area contributed by atoms with Gasteiger partial charge in [0.05, 0.1) is 6.42 Å². The molecule has 3 fully saturated rings. The molecule has 1 amide bonds. The lowest BCUT2D eigenvalue weighted by molar-refractivity contribution is -0.197. The lowest BCUT2D eigenvalue weighted by Crippen LogP contribution is -2.68. The van der Waals surface area contributed by atoms with Crippen LogP contribution in [0.3, 0.4) is 0 Å². The van der Waals surface area contributed by atoms with Crippen LogP contribution in [0, 0.1) is 5.41 Å². The number of rotatable bonds is 7. The van der Waals surface area contributed by atoms with E-state index in [1.54, 1.807) is 0 Å². The van der Waals surface area contributed by atoms with E-state index in [0.717, 1.165) is 24.4 Å². The van der Waals surface area contributed by atoms with Gasteiger partial charge >= 0.3 is 18.1 Å². The van der Waals surface area contributed by atoms with Crippen molar-refractivity contribution in [1.82, 2.24) is 9.80 Å². The average molecular weight is 509 g/mol. The van der Waals surface area contributed by atoms with Gasteiger partial charge in [0.2, 0.25) is 0 Å². The number of hydrogen-bond acceptors (Lipinski definition) is 4. The molecule has 3 aliphatic rings. The van der Waals surface area contributed by atoms with Crippen molar-refractivity contribution < 1.29 is 27.5 Å². The Morgan fingerprint density at radius 2 is 1.69 bits per heavy atom. The Labute approximate surface area is 212 Å². The quantitative estimate of drug-likeness (QED) is 0.434. The Balaban J connectivity index is 0.000000303. The van der Waals surface area contributed by atoms with Gasteiger partial charge in [0.1, 0.15) is 5.60 Å². The lowest BCUT2D eigenvalue weighted by atomic mass is 9.60. The summed E-state index contributed by atoms with van der Waals surface area (Å²) in [6, 6.07) is 9.83. The number of carbonyl (C=O) groups is 2. The van der Waals surface area contributed by atoms with Crippen molar-refractivity contribution >= 4 is 18.0 Å². The van der Waals surface area contributed by atoms with Crippen LogP contribution in [0.15, 0.2) is 36.4 Å². The summed E-state index contributed by atoms with van der Waals surface area (Å²) in [5.41, 5.74) is 0.813. The molecule has 2 aliphatic carbocycles. The second-order valence-electron chi connectivity index (χ2n) is 11.3. The maximum atomic E-state index is 12.8. The van der Waals surface area contributed by atoms with Crippen LogP contribution < -0.4 is 0 Å². The maximum absolute atomic E-state index is 12.8. The molecule has 5 nitrogen and oxygen atoms in total. The smallest absolute Gasteiger partial charge is 0.460 e. The van der Waals surface area contributed by atoms with Crippen LogP contribution in [-0.4, -0.2) is 65.2 Å². The highest BCUT2D eigenvalue weighted by molar-refractivity contribution is 5.83. The van der Waals surface area contributed by atoms with Gasteiger partial charge in [-0.25, -0.2) is 0 Å². The highest BCUT2D eigenvalue weighted by Crippen LogP contribution is 2.52. The largest absolute Gasteiger partial charge is 0.471 e. The minimum absolute atomic E-state index is 0.0254. The summed E-state index contributed by atoms with van der Waals surface area (Å²) < 4.78 is 43.7. The minimum atomic E-state index is -4.79. The predicted molar refractivity (Wildman–Crippen MR) is 134 cm³/mol. The third kappa shape index (κ3) is 8.08. The van der Waals surface area contributed by atoms with Crippen LogP contribution in [0.25, 0.3) is 6.08 Å². The normalized spacial score (nSPS) is 19.8. The van der Waals surface area contributed by atoms with E-state index in [-0.39, 0.29) is 23.5 Å². The molecule has 8 heteroatoms. The number of nitrogens with zero attached hydrogens (tertiary/aromatic N) is 2. The van der Waals surface area contributed by atoms with E-state index in [9.17, 15) is 22.8 Å². The molecule has 0 atom stereocenters. The molecular formula is C28H39F3N2O3. The second kappa shape index (κ2) is 11.4. The summed E-state index contributed by atoms with van der Waals surface area (Å²) in [4.78, 5) is 26.7. The molecule has 1 heterocycles. The Bertz CT molecular complexity index is 906. The van der Waals surface area contributed by atoms with Crippen molar-refractivity contribution in [3.8, 4) is 0 Å². The van der Waals surface area contributed by atoms with Crippen molar-refractivity contribution in [2.75, 3.05) is 19.6 Å². The Kier molecular flexibility index (Phi) is 8.91. The van der Waals surface area contributed by atoms with Gasteiger partial charge in [0.15, 0.2) is 0 Å². The highest BCUT2D eigenvalue weighted by atomic mass is 19.4. The fourth-order valence-corrected chi connectivity index (χ4v) is 5.04. The fourth-order valence-electron chi connectivity index (χ4n) is 5.04. The predicted octanol–water partition coefficient (Wildman–Crippen LogP) is 5.85. The molecule has 2 saturated carbocycles. The molecule has 1 spiro atoms. The summed E-state index contributed by atoms with van der Waals surface area (Å²) in [6.45, 7) is 9.79. The van der Waals surface area contributed by atoms with E-state index < -0.39 is 17.7 Å². The van der Waals surface area contributed by atoms with Crippen LogP contribution in [0.4, 0.5) is 13.2 Å². The van der Waals surface area contributed by atoms with Crippen molar-refractivity contribution in [2.45, 2.75) is 90.1 Å². The maximum Gasteiger partial charge on any atom is 0.471 e. The number of benzene rings is 1. The van der Waals surface area contributed by atoms with E-state index in [1.165, 1.54) is 5.56 Å². The SMILES string of the molecule is CC(C)(C)OC(=O)CCN1CC2(CC(N(C(=O)C(F)(F)F)C3CC3)C2)C1.CC/C=C\c1ccccc1. The molecule has 0 aromatic heterocycles. The highest BCUT2D eigenvalue weighted by Gasteiger charge is 2.58. The summed E-state index contributed by atoms with van der Waals surface area (Å²) >= 11 is 0. The Morgan fingerprint density at radius 3 is 2.19 bits per heavy atom. The summed E-state index contributed by atoms with van der Waals surface area (Å²) in [6.07, 6.45) is 3.55. The van der Waals surface area contributed by atoms with Crippen molar-refractivity contribution in [3.05, 3.63) is 42.0 Å². The Hall–Kier alpha value is -2.35. The first-order chi connectivity index (χ1) is 16.8. The van der Waals surface area contributed by atoms with Crippen molar-refractivity contribution in [2.24, 2.45) is 5.41 Å². The van der Waals surface area contributed by atoms with Crippen LogP contribution in [0.5, 0.6) is 0 Å². The monoisotopic (exact) mass is 508 g/mol. The van der Waals surface area contributed by atoms with Gasteiger partial charge < -0.3 is 14.5 Å². The first-order valence-corrected chi connectivity index (χ1v) is 12.9. The molecule has 0 radical (unpaired) electrons. The zero-order chi connectivity index (χ0) is 26.6.